The van der Waals surface area contributed by atoms with Gasteiger partial charge in [-0.1, -0.05) is 18.2 Å². The number of nitrogens with one attached hydrogen (secondary N) is 1. The molecule has 0 saturated carbocycles. The second-order valence-electron chi connectivity index (χ2n) is 7.23. The molecule has 0 aliphatic carbocycles. The molecule has 0 aromatic heterocycles. The van der Waals surface area contributed by atoms with Crippen LogP contribution in [-0.4, -0.2) is 56.5 Å². The SMILES string of the molecule is CN=C(NCCCCN1CCC(C(N)=O)CC1)N1CCc2ccccc21.I. The van der Waals surface area contributed by atoms with Crippen molar-refractivity contribution >= 4 is 41.5 Å². The molecule has 1 saturated heterocycles. The molecule has 7 heteroatoms. The molecule has 2 aliphatic rings. The number of amides is 1. The van der Waals surface area contributed by atoms with Crippen LogP contribution in [0.4, 0.5) is 5.69 Å². The number of fused-ring (bicyclic) bond motifs is 1. The lowest BCUT2D eigenvalue weighted by atomic mass is 9.96. The van der Waals surface area contributed by atoms with Crippen molar-refractivity contribution in [2.75, 3.05) is 44.7 Å². The molecule has 0 radical (unpaired) electrons. The molecular weight excluding hydrogens is 453 g/mol. The quantitative estimate of drug-likeness (QED) is 0.281. The van der Waals surface area contributed by atoms with E-state index < -0.39 is 0 Å². The third-order valence-electron chi connectivity index (χ3n) is 5.53. The van der Waals surface area contributed by atoms with Crippen LogP contribution in [-0.2, 0) is 11.2 Å². The van der Waals surface area contributed by atoms with E-state index in [1.165, 1.54) is 11.3 Å². The number of carbonyl (C=O) groups excluding carboxylic acids is 1. The number of likely N-dealkylation sites (tertiary alicyclic amines) is 1. The minimum absolute atomic E-state index is 0. The fourth-order valence-electron chi connectivity index (χ4n) is 3.96. The Bertz CT molecular complexity index is 643. The Hall–Kier alpha value is -1.35. The average Bonchev–Trinajstić information content (AvgIpc) is 3.09. The van der Waals surface area contributed by atoms with Crippen molar-refractivity contribution in [3.05, 3.63) is 29.8 Å². The van der Waals surface area contributed by atoms with Crippen LogP contribution in [0.1, 0.15) is 31.2 Å². The third-order valence-corrected chi connectivity index (χ3v) is 5.53. The third kappa shape index (κ3) is 5.81. The first-order chi connectivity index (χ1) is 12.7. The van der Waals surface area contributed by atoms with Crippen molar-refractivity contribution in [3.8, 4) is 0 Å². The number of benzene rings is 1. The van der Waals surface area contributed by atoms with Gasteiger partial charge in [-0.25, -0.2) is 0 Å². The standard InChI is InChI=1S/C20H31N5O.HI/c1-22-20(25-15-10-16-6-2-3-7-18(16)25)23-11-4-5-12-24-13-8-17(9-14-24)19(21)26;/h2-3,6-7,17H,4-5,8-15H2,1H3,(H2,21,26)(H,22,23);1H. The highest BCUT2D eigenvalue weighted by molar-refractivity contribution is 14.0. The van der Waals surface area contributed by atoms with Gasteiger partial charge in [0.15, 0.2) is 5.96 Å². The summed E-state index contributed by atoms with van der Waals surface area (Å²) >= 11 is 0. The van der Waals surface area contributed by atoms with Gasteiger partial charge in [0, 0.05) is 31.7 Å². The fraction of sp³-hybridized carbons (Fsp3) is 0.600. The summed E-state index contributed by atoms with van der Waals surface area (Å²) in [6.45, 7) is 5.01. The van der Waals surface area contributed by atoms with E-state index in [2.05, 4.69) is 44.4 Å². The Morgan fingerprint density at radius 1 is 1.22 bits per heavy atom. The lowest BCUT2D eigenvalue weighted by Gasteiger charge is -2.30. The van der Waals surface area contributed by atoms with E-state index in [9.17, 15) is 4.79 Å². The highest BCUT2D eigenvalue weighted by atomic mass is 127. The molecule has 3 N–H and O–H groups in total. The van der Waals surface area contributed by atoms with Crippen molar-refractivity contribution < 1.29 is 4.79 Å². The zero-order valence-corrected chi connectivity index (χ0v) is 18.5. The zero-order chi connectivity index (χ0) is 18.4. The lowest BCUT2D eigenvalue weighted by molar-refractivity contribution is -0.123. The first-order valence-corrected chi connectivity index (χ1v) is 9.77. The van der Waals surface area contributed by atoms with Crippen molar-refractivity contribution in [1.29, 1.82) is 0 Å². The number of primary amides is 1. The summed E-state index contributed by atoms with van der Waals surface area (Å²) in [5.74, 6) is 0.917. The first-order valence-electron chi connectivity index (χ1n) is 9.77. The number of nitrogens with zero attached hydrogens (tertiary/aromatic N) is 3. The molecular formula is C20H32IN5O. The Labute approximate surface area is 179 Å². The second kappa shape index (κ2) is 10.8. The maximum atomic E-state index is 11.2. The summed E-state index contributed by atoms with van der Waals surface area (Å²) in [4.78, 5) is 20.4. The number of hydrogen-bond acceptors (Lipinski definition) is 3. The maximum Gasteiger partial charge on any atom is 0.220 e. The van der Waals surface area contributed by atoms with E-state index in [1.807, 2.05) is 7.05 Å². The number of hydrogen-bond donors (Lipinski definition) is 2. The molecule has 0 unspecified atom stereocenters. The number of aliphatic imine (C=N–C) groups is 1. The van der Waals surface area contributed by atoms with Crippen LogP contribution < -0.4 is 16.0 Å². The summed E-state index contributed by atoms with van der Waals surface area (Å²) < 4.78 is 0. The number of rotatable bonds is 6. The van der Waals surface area contributed by atoms with Gasteiger partial charge >= 0.3 is 0 Å². The monoisotopic (exact) mass is 485 g/mol. The highest BCUT2D eigenvalue weighted by Gasteiger charge is 2.23. The van der Waals surface area contributed by atoms with Crippen LogP contribution in [0.5, 0.6) is 0 Å². The minimum atomic E-state index is -0.135. The van der Waals surface area contributed by atoms with E-state index >= 15 is 0 Å². The summed E-state index contributed by atoms with van der Waals surface area (Å²) in [7, 11) is 1.85. The molecule has 0 atom stereocenters. The van der Waals surface area contributed by atoms with E-state index in [-0.39, 0.29) is 35.8 Å². The number of nitrogens with two attached hydrogens (primary N) is 1. The second-order valence-corrected chi connectivity index (χ2v) is 7.23. The average molecular weight is 485 g/mol. The highest BCUT2D eigenvalue weighted by Crippen LogP contribution is 2.27. The van der Waals surface area contributed by atoms with Crippen LogP contribution in [0.15, 0.2) is 29.3 Å². The van der Waals surface area contributed by atoms with Crippen molar-refractivity contribution in [2.45, 2.75) is 32.1 Å². The van der Waals surface area contributed by atoms with Gasteiger partial charge < -0.3 is 20.9 Å². The Morgan fingerprint density at radius 3 is 2.67 bits per heavy atom. The Balaban J connectivity index is 0.00000261. The molecule has 1 amide bonds. The maximum absolute atomic E-state index is 11.2. The fourth-order valence-corrected chi connectivity index (χ4v) is 3.96. The van der Waals surface area contributed by atoms with E-state index in [0.29, 0.717) is 0 Å². The first kappa shape index (κ1) is 21.9. The summed E-state index contributed by atoms with van der Waals surface area (Å²) in [6.07, 6.45) is 5.17. The van der Waals surface area contributed by atoms with Crippen molar-refractivity contribution in [2.24, 2.45) is 16.6 Å². The van der Waals surface area contributed by atoms with Gasteiger partial charge in [-0.05, 0) is 63.4 Å². The number of unbranched alkanes of at least 4 members (excludes halogenated alkanes) is 1. The summed E-state index contributed by atoms with van der Waals surface area (Å²) in [6, 6.07) is 8.56. The Morgan fingerprint density at radius 2 is 1.96 bits per heavy atom. The van der Waals surface area contributed by atoms with Gasteiger partial charge in [0.25, 0.3) is 0 Å². The topological polar surface area (TPSA) is 74.0 Å². The van der Waals surface area contributed by atoms with Crippen molar-refractivity contribution in [1.82, 2.24) is 10.2 Å². The van der Waals surface area contributed by atoms with Gasteiger partial charge in [-0.3, -0.25) is 9.79 Å². The molecule has 1 aromatic rings. The number of guanidine groups is 1. The van der Waals surface area contributed by atoms with Crippen LogP contribution in [0.3, 0.4) is 0 Å². The summed E-state index contributed by atoms with van der Waals surface area (Å²) in [5, 5.41) is 3.51. The predicted octanol–water partition coefficient (Wildman–Crippen LogP) is 2.22. The Kier molecular flexibility index (Phi) is 8.82. The van der Waals surface area contributed by atoms with Crippen LogP contribution in [0.2, 0.25) is 0 Å². The van der Waals surface area contributed by atoms with E-state index in [1.54, 1.807) is 0 Å². The van der Waals surface area contributed by atoms with Crippen LogP contribution in [0, 0.1) is 5.92 Å². The normalized spacial score (nSPS) is 18.1. The number of carbonyl (C=O) groups is 1. The molecule has 1 fully saturated rings. The summed E-state index contributed by atoms with van der Waals surface area (Å²) in [5.41, 5.74) is 8.07. The van der Waals surface area contributed by atoms with Crippen LogP contribution in [0.25, 0.3) is 0 Å². The number of para-hydroxylation sites is 1. The van der Waals surface area contributed by atoms with Gasteiger partial charge in [-0.2, -0.15) is 0 Å². The minimum Gasteiger partial charge on any atom is -0.369 e. The number of halogens is 1. The number of anilines is 1. The smallest absolute Gasteiger partial charge is 0.220 e. The molecule has 27 heavy (non-hydrogen) atoms. The number of piperidine rings is 1. The van der Waals surface area contributed by atoms with Gasteiger partial charge in [0.05, 0.1) is 0 Å². The lowest BCUT2D eigenvalue weighted by Crippen LogP contribution is -2.41. The van der Waals surface area contributed by atoms with E-state index in [0.717, 1.165) is 70.8 Å². The molecule has 150 valence electrons. The molecule has 0 bridgehead atoms. The van der Waals surface area contributed by atoms with Crippen molar-refractivity contribution in [3.63, 3.8) is 0 Å². The molecule has 0 spiro atoms. The predicted molar refractivity (Wildman–Crippen MR) is 122 cm³/mol. The van der Waals surface area contributed by atoms with Gasteiger partial charge in [-0.15, -0.1) is 24.0 Å². The zero-order valence-electron chi connectivity index (χ0n) is 16.2. The van der Waals surface area contributed by atoms with E-state index in [4.69, 9.17) is 5.73 Å². The van der Waals surface area contributed by atoms with Crippen LogP contribution >= 0.6 is 24.0 Å². The van der Waals surface area contributed by atoms with Gasteiger partial charge in [0.2, 0.25) is 5.91 Å². The molecule has 1 aromatic carbocycles. The molecule has 6 nitrogen and oxygen atoms in total. The largest absolute Gasteiger partial charge is 0.369 e. The van der Waals surface area contributed by atoms with Gasteiger partial charge in [0.1, 0.15) is 0 Å². The molecule has 2 aliphatic heterocycles. The molecule has 3 rings (SSSR count). The molecule has 2 heterocycles.